The van der Waals surface area contributed by atoms with E-state index >= 15 is 0 Å². The first-order chi connectivity index (χ1) is 8.43. The molecule has 0 bridgehead atoms. The predicted octanol–water partition coefficient (Wildman–Crippen LogP) is -0.0748. The van der Waals surface area contributed by atoms with Gasteiger partial charge in [-0.3, -0.25) is 0 Å². The summed E-state index contributed by atoms with van der Waals surface area (Å²) >= 11 is 0. The standard InChI is InChI=1S/C11H20N2O4/c14-4-6-16-8-10-17-9-7-15-5-3-13-2-1-12-11-13/h1-2,11,14H,3-10H2. The smallest absolute Gasteiger partial charge is 0.0946 e. The van der Waals surface area contributed by atoms with Gasteiger partial charge in [-0.2, -0.15) is 0 Å². The normalized spacial score (nSPS) is 10.9. The predicted molar refractivity (Wildman–Crippen MR) is 61.8 cm³/mol. The number of ether oxygens (including phenoxy) is 3. The topological polar surface area (TPSA) is 65.7 Å². The number of aliphatic hydroxyl groups excluding tert-OH is 1. The van der Waals surface area contributed by atoms with Crippen molar-refractivity contribution in [2.45, 2.75) is 6.54 Å². The maximum atomic E-state index is 8.45. The molecular formula is C11H20N2O4. The monoisotopic (exact) mass is 244 g/mol. The number of nitrogens with zero attached hydrogens (tertiary/aromatic N) is 2. The lowest BCUT2D eigenvalue weighted by atomic mass is 10.6. The third-order valence-electron chi connectivity index (χ3n) is 2.03. The van der Waals surface area contributed by atoms with Crippen molar-refractivity contribution >= 4 is 0 Å². The highest BCUT2D eigenvalue weighted by molar-refractivity contribution is 4.73. The second kappa shape index (κ2) is 10.2. The first-order valence-corrected chi connectivity index (χ1v) is 5.73. The van der Waals surface area contributed by atoms with Crippen molar-refractivity contribution in [1.82, 2.24) is 9.55 Å². The second-order valence-corrected chi connectivity index (χ2v) is 3.36. The number of rotatable bonds is 11. The highest BCUT2D eigenvalue weighted by atomic mass is 16.5. The number of aliphatic hydroxyl groups is 1. The van der Waals surface area contributed by atoms with Crippen LogP contribution < -0.4 is 0 Å². The van der Waals surface area contributed by atoms with Crippen LogP contribution in [0.15, 0.2) is 18.7 Å². The van der Waals surface area contributed by atoms with E-state index in [4.69, 9.17) is 19.3 Å². The molecule has 0 spiro atoms. The van der Waals surface area contributed by atoms with Crippen LogP contribution in [0.3, 0.4) is 0 Å². The van der Waals surface area contributed by atoms with Gasteiger partial charge in [-0.05, 0) is 0 Å². The van der Waals surface area contributed by atoms with Gasteiger partial charge in [0.15, 0.2) is 0 Å². The molecule has 98 valence electrons. The molecule has 1 N–H and O–H groups in total. The van der Waals surface area contributed by atoms with Crippen molar-refractivity contribution in [3.05, 3.63) is 18.7 Å². The fourth-order valence-electron chi connectivity index (χ4n) is 1.20. The Morgan fingerprint density at radius 2 is 1.59 bits per heavy atom. The van der Waals surface area contributed by atoms with Crippen LogP contribution in [-0.2, 0) is 20.8 Å². The van der Waals surface area contributed by atoms with Gasteiger partial charge < -0.3 is 23.9 Å². The zero-order valence-electron chi connectivity index (χ0n) is 9.96. The van der Waals surface area contributed by atoms with Crippen LogP contribution >= 0.6 is 0 Å². The number of hydrogen-bond donors (Lipinski definition) is 1. The Hall–Kier alpha value is -0.950. The molecule has 0 radical (unpaired) electrons. The Bertz CT molecular complexity index is 254. The third kappa shape index (κ3) is 7.87. The quantitative estimate of drug-likeness (QED) is 0.552. The molecule has 6 nitrogen and oxygen atoms in total. The molecule has 1 rings (SSSR count). The Morgan fingerprint density at radius 1 is 0.941 bits per heavy atom. The van der Waals surface area contributed by atoms with E-state index < -0.39 is 0 Å². The summed E-state index contributed by atoms with van der Waals surface area (Å²) in [6.45, 7) is 4.06. The number of hydrogen-bond acceptors (Lipinski definition) is 5. The molecular weight excluding hydrogens is 224 g/mol. The van der Waals surface area contributed by atoms with E-state index in [0.29, 0.717) is 39.6 Å². The number of aromatic nitrogens is 2. The molecule has 1 heterocycles. The summed E-state index contributed by atoms with van der Waals surface area (Å²) in [5, 5.41) is 8.45. The zero-order chi connectivity index (χ0) is 12.2. The van der Waals surface area contributed by atoms with Gasteiger partial charge in [0, 0.05) is 18.9 Å². The van der Waals surface area contributed by atoms with Gasteiger partial charge in [0.05, 0.1) is 52.6 Å². The van der Waals surface area contributed by atoms with E-state index in [1.807, 2.05) is 10.8 Å². The van der Waals surface area contributed by atoms with Crippen LogP contribution in [0, 0.1) is 0 Å². The molecule has 0 unspecified atom stereocenters. The van der Waals surface area contributed by atoms with Crippen LogP contribution in [0.4, 0.5) is 0 Å². The van der Waals surface area contributed by atoms with E-state index in [-0.39, 0.29) is 6.61 Å². The minimum atomic E-state index is 0.0529. The van der Waals surface area contributed by atoms with E-state index in [9.17, 15) is 0 Å². The zero-order valence-corrected chi connectivity index (χ0v) is 9.96. The molecule has 0 aliphatic carbocycles. The van der Waals surface area contributed by atoms with Gasteiger partial charge in [-0.15, -0.1) is 0 Å². The van der Waals surface area contributed by atoms with Crippen molar-refractivity contribution in [2.24, 2.45) is 0 Å². The molecule has 0 atom stereocenters. The highest BCUT2D eigenvalue weighted by Crippen LogP contribution is 1.87. The van der Waals surface area contributed by atoms with Crippen molar-refractivity contribution < 1.29 is 19.3 Å². The minimum absolute atomic E-state index is 0.0529. The molecule has 1 aromatic rings. The molecule has 0 aromatic carbocycles. The Balaban J connectivity index is 1.76. The van der Waals surface area contributed by atoms with Gasteiger partial charge in [0.2, 0.25) is 0 Å². The first kappa shape index (κ1) is 14.1. The summed E-state index contributed by atoms with van der Waals surface area (Å²) in [7, 11) is 0. The molecule has 0 fully saturated rings. The average molecular weight is 244 g/mol. The van der Waals surface area contributed by atoms with Gasteiger partial charge >= 0.3 is 0 Å². The largest absolute Gasteiger partial charge is 0.394 e. The van der Waals surface area contributed by atoms with Crippen LogP contribution in [0.1, 0.15) is 0 Å². The third-order valence-corrected chi connectivity index (χ3v) is 2.03. The lowest BCUT2D eigenvalue weighted by Crippen LogP contribution is -2.12. The van der Waals surface area contributed by atoms with Gasteiger partial charge in [-0.25, -0.2) is 4.98 Å². The fraction of sp³-hybridized carbons (Fsp3) is 0.727. The van der Waals surface area contributed by atoms with Crippen LogP contribution in [0.25, 0.3) is 0 Å². The van der Waals surface area contributed by atoms with Gasteiger partial charge in [0.25, 0.3) is 0 Å². The fourth-order valence-corrected chi connectivity index (χ4v) is 1.20. The molecule has 0 saturated heterocycles. The Labute approximate surface area is 101 Å². The van der Waals surface area contributed by atoms with E-state index in [0.717, 1.165) is 6.54 Å². The van der Waals surface area contributed by atoms with Crippen LogP contribution in [0.5, 0.6) is 0 Å². The first-order valence-electron chi connectivity index (χ1n) is 5.73. The van der Waals surface area contributed by atoms with Crippen LogP contribution in [-0.4, -0.2) is 60.9 Å². The second-order valence-electron chi connectivity index (χ2n) is 3.36. The Morgan fingerprint density at radius 3 is 2.18 bits per heavy atom. The van der Waals surface area contributed by atoms with E-state index in [1.54, 1.807) is 12.5 Å². The lowest BCUT2D eigenvalue weighted by Gasteiger charge is -2.06. The molecule has 0 amide bonds. The molecule has 17 heavy (non-hydrogen) atoms. The summed E-state index contributed by atoms with van der Waals surface area (Å²) in [5.41, 5.74) is 0. The molecule has 6 heteroatoms. The van der Waals surface area contributed by atoms with Crippen LogP contribution in [0.2, 0.25) is 0 Å². The van der Waals surface area contributed by atoms with Gasteiger partial charge in [0.1, 0.15) is 0 Å². The summed E-state index contributed by atoms with van der Waals surface area (Å²) in [5.74, 6) is 0. The molecule has 0 saturated carbocycles. The summed E-state index contributed by atoms with van der Waals surface area (Å²) in [6, 6.07) is 0. The maximum Gasteiger partial charge on any atom is 0.0946 e. The highest BCUT2D eigenvalue weighted by Gasteiger charge is 1.92. The van der Waals surface area contributed by atoms with Crippen molar-refractivity contribution in [2.75, 3.05) is 46.2 Å². The van der Waals surface area contributed by atoms with Gasteiger partial charge in [-0.1, -0.05) is 0 Å². The summed E-state index contributed by atoms with van der Waals surface area (Å²) in [4.78, 5) is 3.94. The maximum absolute atomic E-state index is 8.45. The Kier molecular flexibility index (Phi) is 8.48. The van der Waals surface area contributed by atoms with Crippen molar-refractivity contribution in [1.29, 1.82) is 0 Å². The summed E-state index contributed by atoms with van der Waals surface area (Å²) in [6.07, 6.45) is 5.41. The van der Waals surface area contributed by atoms with Crippen molar-refractivity contribution in [3.63, 3.8) is 0 Å². The molecule has 1 aromatic heterocycles. The van der Waals surface area contributed by atoms with E-state index in [1.165, 1.54) is 0 Å². The van der Waals surface area contributed by atoms with E-state index in [2.05, 4.69) is 4.98 Å². The average Bonchev–Trinajstić information content (AvgIpc) is 2.85. The molecule has 0 aliphatic heterocycles. The lowest BCUT2D eigenvalue weighted by molar-refractivity contribution is 0.00663. The number of imidazole rings is 1. The SMILES string of the molecule is OCCOCCOCCOCCn1ccnc1. The molecule has 0 aliphatic rings. The minimum Gasteiger partial charge on any atom is -0.394 e. The van der Waals surface area contributed by atoms with Crippen molar-refractivity contribution in [3.8, 4) is 0 Å². The summed E-state index contributed by atoms with van der Waals surface area (Å²) < 4.78 is 17.6.